The molecule has 0 radical (unpaired) electrons. The number of carbonyl (C=O) groups is 5. The number of piperidine rings is 1. The summed E-state index contributed by atoms with van der Waals surface area (Å²) in [5.74, 6) is -1.84. The Bertz CT molecular complexity index is 2560. The number of aromatic nitrogens is 2. The third-order valence-corrected chi connectivity index (χ3v) is 13.3. The summed E-state index contributed by atoms with van der Waals surface area (Å²) in [6.07, 6.45) is 4.42. The van der Waals surface area contributed by atoms with Gasteiger partial charge in [0.05, 0.1) is 27.2 Å². The molecule has 0 saturated carbocycles. The van der Waals surface area contributed by atoms with Gasteiger partial charge in [0.15, 0.2) is 0 Å². The summed E-state index contributed by atoms with van der Waals surface area (Å²) in [7, 11) is -3.62. The number of hydrogen-bond acceptors (Lipinski definition) is 13. The van der Waals surface area contributed by atoms with Crippen LogP contribution in [0.15, 0.2) is 66.9 Å². The summed E-state index contributed by atoms with van der Waals surface area (Å²) < 4.78 is 42.5. The zero-order valence-electron chi connectivity index (χ0n) is 35.6. The van der Waals surface area contributed by atoms with Gasteiger partial charge < -0.3 is 25.8 Å². The van der Waals surface area contributed by atoms with E-state index in [1.807, 2.05) is 16.7 Å². The molecule has 5 N–H and O–H groups in total. The molecule has 3 aliphatic rings. The molecule has 0 bridgehead atoms. The Balaban J connectivity index is 0.832. The van der Waals surface area contributed by atoms with E-state index in [0.29, 0.717) is 79.8 Å². The summed E-state index contributed by atoms with van der Waals surface area (Å²) >= 11 is 0. The first-order valence-electron chi connectivity index (χ1n) is 20.9. The number of nitrogens with zero attached hydrogens (tertiary/aromatic N) is 5. The van der Waals surface area contributed by atoms with Crippen LogP contribution >= 0.6 is 0 Å². The van der Waals surface area contributed by atoms with Gasteiger partial charge in [0.2, 0.25) is 33.7 Å². The summed E-state index contributed by atoms with van der Waals surface area (Å²) in [6.45, 7) is 9.19. The van der Waals surface area contributed by atoms with Crippen molar-refractivity contribution in [2.75, 3.05) is 58.3 Å². The zero-order valence-corrected chi connectivity index (χ0v) is 36.4. The number of halogens is 1. The van der Waals surface area contributed by atoms with Crippen molar-refractivity contribution in [3.8, 4) is 0 Å². The van der Waals surface area contributed by atoms with Gasteiger partial charge in [-0.25, -0.2) is 17.8 Å². The van der Waals surface area contributed by atoms with E-state index in [0.717, 1.165) is 23.3 Å². The molecule has 0 spiro atoms. The van der Waals surface area contributed by atoms with Crippen LogP contribution in [0.25, 0.3) is 0 Å². The monoisotopic (exact) mass is 882 g/mol. The highest BCUT2D eigenvalue weighted by atomic mass is 32.2. The minimum Gasteiger partial charge on any atom is -0.385 e. The summed E-state index contributed by atoms with van der Waals surface area (Å²) in [4.78, 5) is 76.6. The number of imide groups is 2. The number of carbonyl (C=O) groups excluding carboxylic acids is 5. The fraction of sp³-hybridized carbons (Fsp3) is 0.386. The van der Waals surface area contributed by atoms with Gasteiger partial charge in [-0.05, 0) is 102 Å². The van der Waals surface area contributed by atoms with Crippen molar-refractivity contribution in [2.45, 2.75) is 77.0 Å². The average molecular weight is 883 g/mol. The Morgan fingerprint density at radius 3 is 2.30 bits per heavy atom. The maximum absolute atomic E-state index is 15.5. The highest BCUT2D eigenvalue weighted by Crippen LogP contribution is 2.31. The van der Waals surface area contributed by atoms with E-state index in [1.165, 1.54) is 6.07 Å². The Morgan fingerprint density at radius 1 is 0.857 bits per heavy atom. The zero-order chi connectivity index (χ0) is 45.1. The van der Waals surface area contributed by atoms with Crippen LogP contribution < -0.4 is 30.9 Å². The molecule has 7 rings (SSSR count). The molecule has 0 aliphatic carbocycles. The standard InChI is InChI=1S/C44H51FN10O7S/c1-27-26-47-43(51-39(27)48-29-9-8-10-31(23-29)52-63(61,62)44(2,3)4)49-30-13-15-35(34(45)25-30)53-19-21-54(22-20-53)38(57)11-6-5-7-18-46-28-12-14-32-33(24-28)42(60)55(41(32)59)36-16-17-37(56)50-40(36)58/h8-10,12-15,23-26,36,46,52H,5-7,11,16-22H2,1-4H3,(H,50,56,58)(H2,47,48,49,51). The van der Waals surface area contributed by atoms with Crippen LogP contribution in [-0.4, -0.2) is 101 Å². The third kappa shape index (κ3) is 10.2. The Kier molecular flexibility index (Phi) is 13.0. The van der Waals surface area contributed by atoms with Crippen molar-refractivity contribution in [3.63, 3.8) is 0 Å². The molecule has 1 atom stereocenters. The van der Waals surface area contributed by atoms with Crippen LogP contribution in [0, 0.1) is 12.7 Å². The van der Waals surface area contributed by atoms with Gasteiger partial charge in [0.25, 0.3) is 11.8 Å². The van der Waals surface area contributed by atoms with Crippen molar-refractivity contribution in [1.29, 1.82) is 0 Å². The lowest BCUT2D eigenvalue weighted by atomic mass is 10.0. The maximum atomic E-state index is 15.5. The third-order valence-electron chi connectivity index (χ3n) is 11.2. The SMILES string of the molecule is Cc1cnc(Nc2ccc(N3CCN(C(=O)CCCCCNc4ccc5c(c4)C(=O)N(C4CCC(=O)NC4=O)C5=O)CC3)c(F)c2)nc1Nc1cccc(NS(=O)(=O)C(C)(C)C)c1. The first-order valence-corrected chi connectivity index (χ1v) is 22.4. The second-order valence-electron chi connectivity index (χ2n) is 16.8. The van der Waals surface area contributed by atoms with Crippen LogP contribution in [0.4, 0.5) is 44.6 Å². The predicted molar refractivity (Wildman–Crippen MR) is 237 cm³/mol. The van der Waals surface area contributed by atoms with E-state index in [9.17, 15) is 32.4 Å². The predicted octanol–water partition coefficient (Wildman–Crippen LogP) is 5.67. The number of rotatable bonds is 15. The quantitative estimate of drug-likeness (QED) is 0.0720. The van der Waals surface area contributed by atoms with Gasteiger partial charge in [-0.2, -0.15) is 4.98 Å². The number of unbranched alkanes of at least 4 members (excludes halogenated alkanes) is 2. The second kappa shape index (κ2) is 18.4. The Morgan fingerprint density at radius 2 is 1.57 bits per heavy atom. The highest BCUT2D eigenvalue weighted by Gasteiger charge is 2.44. The molecule has 3 aliphatic heterocycles. The van der Waals surface area contributed by atoms with Crippen molar-refractivity contribution in [2.24, 2.45) is 0 Å². The summed E-state index contributed by atoms with van der Waals surface area (Å²) in [5.41, 5.74) is 3.73. The van der Waals surface area contributed by atoms with Crippen LogP contribution in [-0.2, 0) is 24.4 Å². The molecule has 5 amide bonds. The average Bonchev–Trinajstić information content (AvgIpc) is 3.47. The van der Waals surface area contributed by atoms with E-state index in [-0.39, 0.29) is 35.8 Å². The van der Waals surface area contributed by atoms with Crippen LogP contribution in [0.5, 0.6) is 0 Å². The minimum atomic E-state index is -3.62. The van der Waals surface area contributed by atoms with Gasteiger partial charge in [0, 0.05) is 74.4 Å². The van der Waals surface area contributed by atoms with Gasteiger partial charge in [0.1, 0.15) is 17.7 Å². The van der Waals surface area contributed by atoms with E-state index in [2.05, 4.69) is 36.0 Å². The van der Waals surface area contributed by atoms with E-state index in [4.69, 9.17) is 0 Å². The number of amides is 5. The van der Waals surface area contributed by atoms with Gasteiger partial charge in [-0.3, -0.25) is 38.9 Å². The molecule has 1 unspecified atom stereocenters. The molecule has 63 heavy (non-hydrogen) atoms. The molecule has 2 saturated heterocycles. The molecular weight excluding hydrogens is 832 g/mol. The largest absolute Gasteiger partial charge is 0.385 e. The van der Waals surface area contributed by atoms with Gasteiger partial charge >= 0.3 is 0 Å². The number of aryl methyl sites for hydroxylation is 1. The number of piperazine rings is 1. The molecule has 3 aromatic carbocycles. The minimum absolute atomic E-state index is 0.0507. The molecule has 4 heterocycles. The van der Waals surface area contributed by atoms with Crippen molar-refractivity contribution in [1.82, 2.24) is 25.1 Å². The molecule has 17 nitrogen and oxygen atoms in total. The molecule has 4 aromatic rings. The number of hydrogen-bond donors (Lipinski definition) is 5. The fourth-order valence-electron chi connectivity index (χ4n) is 7.45. The van der Waals surface area contributed by atoms with E-state index >= 15 is 4.39 Å². The lowest BCUT2D eigenvalue weighted by Gasteiger charge is -2.36. The molecule has 332 valence electrons. The number of anilines is 7. The fourth-order valence-corrected chi connectivity index (χ4v) is 8.19. The first kappa shape index (κ1) is 44.4. The van der Waals surface area contributed by atoms with Crippen LogP contribution in [0.2, 0.25) is 0 Å². The maximum Gasteiger partial charge on any atom is 0.262 e. The number of sulfonamides is 1. The number of benzene rings is 3. The number of fused-ring (bicyclic) bond motifs is 1. The summed E-state index contributed by atoms with van der Waals surface area (Å²) in [5, 5.41) is 11.7. The summed E-state index contributed by atoms with van der Waals surface area (Å²) in [6, 6.07) is 15.5. The van der Waals surface area contributed by atoms with Crippen LogP contribution in [0.3, 0.4) is 0 Å². The van der Waals surface area contributed by atoms with Crippen molar-refractivity contribution < 1.29 is 36.8 Å². The van der Waals surface area contributed by atoms with Crippen LogP contribution in [0.1, 0.15) is 85.6 Å². The topological polar surface area (TPSA) is 215 Å². The van der Waals surface area contributed by atoms with Crippen molar-refractivity contribution in [3.05, 3.63) is 89.4 Å². The van der Waals surface area contributed by atoms with E-state index in [1.54, 1.807) is 81.6 Å². The van der Waals surface area contributed by atoms with Gasteiger partial charge in [-0.15, -0.1) is 0 Å². The van der Waals surface area contributed by atoms with Gasteiger partial charge in [-0.1, -0.05) is 12.5 Å². The highest BCUT2D eigenvalue weighted by molar-refractivity contribution is 7.94. The van der Waals surface area contributed by atoms with Crippen molar-refractivity contribution >= 4 is 79.8 Å². The Hall–Kier alpha value is -6.63. The first-order chi connectivity index (χ1) is 30.0. The molecular formula is C44H51FN10O7S. The molecule has 19 heteroatoms. The molecule has 1 aromatic heterocycles. The lowest BCUT2D eigenvalue weighted by Crippen LogP contribution is -2.54. The smallest absolute Gasteiger partial charge is 0.262 e. The lowest BCUT2D eigenvalue weighted by molar-refractivity contribution is -0.136. The number of nitrogens with one attached hydrogen (secondary N) is 5. The molecule has 2 fully saturated rings. The normalized spacial score (nSPS) is 16.8. The van der Waals surface area contributed by atoms with E-state index < -0.39 is 50.3 Å². The Labute approximate surface area is 365 Å². The second-order valence-corrected chi connectivity index (χ2v) is 19.2.